The molecule has 1 heterocycles. The lowest BCUT2D eigenvalue weighted by molar-refractivity contribution is -0.154. The average molecular weight is 672 g/mol. The molecule has 48 heavy (non-hydrogen) atoms. The van der Waals surface area contributed by atoms with Crippen molar-refractivity contribution in [3.63, 3.8) is 0 Å². The van der Waals surface area contributed by atoms with Gasteiger partial charge in [0.25, 0.3) is 11.8 Å². The number of ether oxygens (including phenoxy) is 1. The van der Waals surface area contributed by atoms with Gasteiger partial charge in [-0.05, 0) is 64.2 Å². The third-order valence-electron chi connectivity index (χ3n) is 7.34. The number of nitrogens with one attached hydrogen (secondary N) is 3. The van der Waals surface area contributed by atoms with Gasteiger partial charge in [0.15, 0.2) is 5.78 Å². The largest absolute Gasteiger partial charge is 0.481 e. The molecular weight excluding hydrogens is 626 g/mol. The molecule has 0 saturated heterocycles. The summed E-state index contributed by atoms with van der Waals surface area (Å²) < 4.78 is 5.30. The van der Waals surface area contributed by atoms with Crippen molar-refractivity contribution in [3.05, 3.63) is 42.0 Å². The fourth-order valence-corrected chi connectivity index (χ4v) is 4.64. The number of carbonyl (C=O) groups excluding carboxylic acids is 7. The monoisotopic (exact) mass is 671 g/mol. The van der Waals surface area contributed by atoms with Gasteiger partial charge >= 0.3 is 18.0 Å². The predicted molar refractivity (Wildman–Crippen MR) is 173 cm³/mol. The number of unbranched alkanes of at least 4 members (excludes halogenated alkanes) is 2. The molecule has 0 spiro atoms. The van der Waals surface area contributed by atoms with E-state index in [1.807, 2.05) is 0 Å². The quantitative estimate of drug-likeness (QED) is 0.0770. The van der Waals surface area contributed by atoms with Crippen LogP contribution < -0.4 is 21.7 Å². The zero-order chi connectivity index (χ0) is 35.9. The Bertz CT molecular complexity index is 1370. The topological polar surface area (TPSA) is 231 Å². The first-order chi connectivity index (χ1) is 22.6. The third kappa shape index (κ3) is 14.1. The Labute approximate surface area is 279 Å². The number of primary amides is 1. The minimum atomic E-state index is -1.38. The van der Waals surface area contributed by atoms with Gasteiger partial charge in [-0.3, -0.25) is 38.5 Å². The zero-order valence-electron chi connectivity index (χ0n) is 27.5. The highest BCUT2D eigenvalue weighted by Crippen LogP contribution is 2.20. The van der Waals surface area contributed by atoms with Crippen molar-refractivity contribution in [1.29, 1.82) is 0 Å². The number of amides is 6. The number of rotatable bonds is 20. The number of anilines is 1. The molecule has 0 fully saturated rings. The lowest BCUT2D eigenvalue weighted by Gasteiger charge is -2.21. The summed E-state index contributed by atoms with van der Waals surface area (Å²) >= 11 is 0. The van der Waals surface area contributed by atoms with Crippen LogP contribution in [-0.4, -0.2) is 76.5 Å². The average Bonchev–Trinajstić information content (AvgIpc) is 3.32. The van der Waals surface area contributed by atoms with Gasteiger partial charge in [-0.15, -0.1) is 0 Å². The summed E-state index contributed by atoms with van der Waals surface area (Å²) in [7, 11) is 0. The SMILES string of the molecule is CC(C)(C)C(=O)OCc1ccc(NC(=O)[C@H](CCCNC(N)=O)CC(=O)[C@H](CC(=O)O)NC(=O)CCCCCN2C(=O)C=CC2=O)cc1. The molecule has 1 aromatic rings. The zero-order valence-corrected chi connectivity index (χ0v) is 27.5. The number of carboxylic acid groups (broad SMARTS) is 1. The van der Waals surface area contributed by atoms with E-state index in [0.717, 1.165) is 4.90 Å². The van der Waals surface area contributed by atoms with Crippen molar-refractivity contribution >= 4 is 53.1 Å². The Morgan fingerprint density at radius 1 is 0.917 bits per heavy atom. The first-order valence-corrected chi connectivity index (χ1v) is 15.7. The lowest BCUT2D eigenvalue weighted by atomic mass is 9.92. The first-order valence-electron chi connectivity index (χ1n) is 15.7. The van der Waals surface area contributed by atoms with Crippen LogP contribution in [0.4, 0.5) is 10.5 Å². The molecule has 15 heteroatoms. The van der Waals surface area contributed by atoms with Gasteiger partial charge in [-0.25, -0.2) is 4.79 Å². The third-order valence-corrected chi connectivity index (χ3v) is 7.34. The van der Waals surface area contributed by atoms with E-state index in [1.165, 1.54) is 12.2 Å². The molecule has 1 aromatic carbocycles. The van der Waals surface area contributed by atoms with Gasteiger partial charge in [-0.1, -0.05) is 18.6 Å². The Balaban J connectivity index is 1.99. The van der Waals surface area contributed by atoms with Gasteiger partial charge in [0.05, 0.1) is 17.9 Å². The number of benzene rings is 1. The van der Waals surface area contributed by atoms with Crippen LogP contribution in [0.25, 0.3) is 0 Å². The second-order valence-electron chi connectivity index (χ2n) is 12.5. The van der Waals surface area contributed by atoms with E-state index in [2.05, 4.69) is 16.0 Å². The fourth-order valence-electron chi connectivity index (χ4n) is 4.64. The molecular formula is C33H45N5O10. The normalized spacial score (nSPS) is 13.9. The first kappa shape index (κ1) is 39.1. The summed E-state index contributed by atoms with van der Waals surface area (Å²) in [5.74, 6) is -5.12. The Morgan fingerprint density at radius 2 is 1.56 bits per heavy atom. The molecule has 6 amide bonds. The highest BCUT2D eigenvalue weighted by molar-refractivity contribution is 6.12. The van der Waals surface area contributed by atoms with Gasteiger partial charge in [-0.2, -0.15) is 0 Å². The molecule has 0 aliphatic carbocycles. The molecule has 6 N–H and O–H groups in total. The van der Waals surface area contributed by atoms with Crippen LogP contribution in [0.1, 0.15) is 77.7 Å². The van der Waals surface area contributed by atoms with E-state index in [4.69, 9.17) is 10.5 Å². The van der Waals surface area contributed by atoms with Gasteiger partial charge in [0, 0.05) is 49.7 Å². The van der Waals surface area contributed by atoms with E-state index >= 15 is 0 Å². The second kappa shape index (κ2) is 18.9. The molecule has 262 valence electrons. The van der Waals surface area contributed by atoms with Gasteiger partial charge in [0.2, 0.25) is 11.8 Å². The molecule has 0 unspecified atom stereocenters. The number of urea groups is 1. The highest BCUT2D eigenvalue weighted by Gasteiger charge is 2.29. The number of nitrogens with zero attached hydrogens (tertiary/aromatic N) is 1. The molecule has 1 aliphatic rings. The van der Waals surface area contributed by atoms with E-state index in [-0.39, 0.29) is 51.3 Å². The number of carbonyl (C=O) groups is 8. The maximum absolute atomic E-state index is 13.3. The number of hydrogen-bond donors (Lipinski definition) is 5. The molecule has 0 aromatic heterocycles. The number of nitrogens with two attached hydrogens (primary N) is 1. The molecule has 2 rings (SSSR count). The van der Waals surface area contributed by atoms with Crippen LogP contribution in [-0.2, 0) is 44.9 Å². The van der Waals surface area contributed by atoms with Crippen LogP contribution in [0.3, 0.4) is 0 Å². The Kier molecular flexibility index (Phi) is 15.4. The van der Waals surface area contributed by atoms with E-state index in [9.17, 15) is 43.5 Å². The summed E-state index contributed by atoms with van der Waals surface area (Å²) in [5, 5.41) is 17.0. The summed E-state index contributed by atoms with van der Waals surface area (Å²) in [6, 6.07) is 4.43. The standard InChI is InChI=1S/C33H45N5O10/c1-33(2,3)31(46)48-20-21-10-12-23(13-11-21)36-30(45)22(8-7-16-35-32(34)47)18-25(39)24(19-29(43)44)37-26(40)9-5-4-6-17-38-27(41)14-15-28(38)42/h10-15,22,24H,4-9,16-20H2,1-3H3,(H,36,45)(H,37,40)(H,43,44)(H3,34,35,47)/t22-,24+/m1/s1. The van der Waals surface area contributed by atoms with Crippen LogP contribution in [0.5, 0.6) is 0 Å². The Hall–Kier alpha value is -5.08. The number of aliphatic carboxylic acids is 1. The molecule has 2 atom stereocenters. The molecule has 15 nitrogen and oxygen atoms in total. The lowest BCUT2D eigenvalue weighted by Crippen LogP contribution is -2.43. The van der Waals surface area contributed by atoms with Crippen molar-refractivity contribution in [2.45, 2.75) is 84.8 Å². The van der Waals surface area contributed by atoms with Crippen molar-refractivity contribution < 1.29 is 48.2 Å². The smallest absolute Gasteiger partial charge is 0.312 e. The summed E-state index contributed by atoms with van der Waals surface area (Å²) in [6.45, 7) is 5.62. The van der Waals surface area contributed by atoms with E-state index in [1.54, 1.807) is 45.0 Å². The fraction of sp³-hybridized carbons (Fsp3) is 0.515. The predicted octanol–water partition coefficient (Wildman–Crippen LogP) is 2.18. The van der Waals surface area contributed by atoms with E-state index < -0.39 is 65.2 Å². The summed E-state index contributed by atoms with van der Waals surface area (Å²) in [5.41, 5.74) is 5.55. The number of esters is 1. The van der Waals surface area contributed by atoms with E-state index in [0.29, 0.717) is 30.5 Å². The Morgan fingerprint density at radius 3 is 2.15 bits per heavy atom. The van der Waals surface area contributed by atoms with Crippen molar-refractivity contribution in [2.24, 2.45) is 17.1 Å². The minimum Gasteiger partial charge on any atom is -0.481 e. The number of hydrogen-bond acceptors (Lipinski definition) is 9. The van der Waals surface area contributed by atoms with Crippen LogP contribution >= 0.6 is 0 Å². The maximum Gasteiger partial charge on any atom is 0.312 e. The minimum absolute atomic E-state index is 0.0162. The van der Waals surface area contributed by atoms with Crippen LogP contribution in [0.15, 0.2) is 36.4 Å². The second-order valence-corrected chi connectivity index (χ2v) is 12.5. The summed E-state index contributed by atoms with van der Waals surface area (Å²) in [6.07, 6.45) is 3.08. The van der Waals surface area contributed by atoms with Gasteiger partial charge in [0.1, 0.15) is 6.61 Å². The van der Waals surface area contributed by atoms with Crippen LogP contribution in [0.2, 0.25) is 0 Å². The number of ketones is 1. The summed E-state index contributed by atoms with van der Waals surface area (Å²) in [4.78, 5) is 98.2. The maximum atomic E-state index is 13.3. The number of imide groups is 1. The highest BCUT2D eigenvalue weighted by atomic mass is 16.5. The number of carboxylic acids is 1. The molecule has 0 radical (unpaired) electrons. The van der Waals surface area contributed by atoms with Gasteiger partial charge < -0.3 is 31.5 Å². The van der Waals surface area contributed by atoms with Crippen LogP contribution in [0, 0.1) is 11.3 Å². The molecule has 0 bridgehead atoms. The molecule has 0 saturated carbocycles. The van der Waals surface area contributed by atoms with Crippen molar-refractivity contribution in [1.82, 2.24) is 15.5 Å². The van der Waals surface area contributed by atoms with Crippen molar-refractivity contribution in [3.8, 4) is 0 Å². The van der Waals surface area contributed by atoms with Crippen molar-refractivity contribution in [2.75, 3.05) is 18.4 Å². The number of Topliss-reactive ketones (excluding diaryl/α,β-unsaturated/α-hetero) is 1. The molecule has 1 aliphatic heterocycles.